The van der Waals surface area contributed by atoms with Crippen LogP contribution in [0.4, 0.5) is 5.69 Å². The zero-order chi connectivity index (χ0) is 15.9. The Labute approximate surface area is 129 Å². The molecular weight excluding hydrogens is 278 g/mol. The van der Waals surface area contributed by atoms with Crippen molar-refractivity contribution in [2.45, 2.75) is 32.1 Å². The molecule has 2 aromatic rings. The highest BCUT2D eigenvalue weighted by Gasteiger charge is 2.39. The maximum atomic E-state index is 12.9. The number of aliphatic hydroxyl groups excluding tert-OH is 2. The number of fused-ring (bicyclic) bond motifs is 1. The highest BCUT2D eigenvalue weighted by molar-refractivity contribution is 6.07. The van der Waals surface area contributed by atoms with Gasteiger partial charge >= 0.3 is 0 Å². The summed E-state index contributed by atoms with van der Waals surface area (Å²) in [4.78, 5) is 14.4. The van der Waals surface area contributed by atoms with Crippen LogP contribution in [0.1, 0.15) is 34.5 Å². The van der Waals surface area contributed by atoms with Crippen LogP contribution < -0.4 is 4.90 Å². The van der Waals surface area contributed by atoms with Gasteiger partial charge in [-0.15, -0.1) is 0 Å². The molecule has 1 aliphatic heterocycles. The molecule has 4 heteroatoms. The van der Waals surface area contributed by atoms with Crippen molar-refractivity contribution in [1.82, 2.24) is 0 Å². The van der Waals surface area contributed by atoms with Crippen molar-refractivity contribution < 1.29 is 15.0 Å². The Balaban J connectivity index is 2.07. The lowest BCUT2D eigenvalue weighted by molar-refractivity contribution is -0.00104. The van der Waals surface area contributed by atoms with Crippen LogP contribution in [0.25, 0.3) is 0 Å². The summed E-state index contributed by atoms with van der Waals surface area (Å²) in [5.74, 6) is -0.175. The zero-order valence-corrected chi connectivity index (χ0v) is 12.6. The average Bonchev–Trinajstić information content (AvgIpc) is 2.53. The summed E-state index contributed by atoms with van der Waals surface area (Å²) in [6.45, 7) is 3.71. The van der Waals surface area contributed by atoms with E-state index < -0.39 is 18.2 Å². The van der Waals surface area contributed by atoms with Crippen LogP contribution in [0.15, 0.2) is 48.5 Å². The van der Waals surface area contributed by atoms with Gasteiger partial charge in [0.15, 0.2) is 0 Å². The number of anilines is 1. The third-order valence-corrected chi connectivity index (χ3v) is 4.26. The smallest absolute Gasteiger partial charge is 0.258 e. The largest absolute Gasteiger partial charge is 0.388 e. The summed E-state index contributed by atoms with van der Waals surface area (Å²) in [6, 6.07) is 14.0. The predicted molar refractivity (Wildman–Crippen MR) is 84.9 cm³/mol. The molecule has 1 amide bonds. The van der Waals surface area contributed by atoms with Crippen LogP contribution in [-0.4, -0.2) is 28.3 Å². The Morgan fingerprint density at radius 1 is 1.05 bits per heavy atom. The Morgan fingerprint density at radius 3 is 2.36 bits per heavy atom. The van der Waals surface area contributed by atoms with E-state index in [1.165, 1.54) is 0 Å². The van der Waals surface area contributed by atoms with Crippen molar-refractivity contribution >= 4 is 11.6 Å². The number of para-hydroxylation sites is 1. The van der Waals surface area contributed by atoms with E-state index in [1.54, 1.807) is 42.2 Å². The molecule has 4 nitrogen and oxygen atoms in total. The fourth-order valence-corrected chi connectivity index (χ4v) is 2.91. The second-order valence-electron chi connectivity index (χ2n) is 5.78. The summed E-state index contributed by atoms with van der Waals surface area (Å²) in [5, 5.41) is 20.5. The maximum Gasteiger partial charge on any atom is 0.258 e. The average molecular weight is 297 g/mol. The summed E-state index contributed by atoms with van der Waals surface area (Å²) >= 11 is 0. The van der Waals surface area contributed by atoms with Gasteiger partial charge in [-0.25, -0.2) is 0 Å². The number of carbonyl (C=O) groups excluding carboxylic acids is 1. The molecule has 0 radical (unpaired) electrons. The first-order valence-corrected chi connectivity index (χ1v) is 7.36. The lowest BCUT2D eigenvalue weighted by Crippen LogP contribution is -2.51. The third kappa shape index (κ3) is 2.30. The molecule has 0 aromatic heterocycles. The first-order valence-electron chi connectivity index (χ1n) is 7.36. The summed E-state index contributed by atoms with van der Waals surface area (Å²) in [6.07, 6.45) is -1.99. The standard InChI is InChI=1S/C18H19NO3/c1-11-7-9-13(10-8-11)18(22)19-12(2)16(20)17(21)14-5-3-4-6-15(14)19/h3-10,12,16-17,20-21H,1-2H3/t12-,16-,17-/m1/s1. The van der Waals surface area contributed by atoms with E-state index in [4.69, 9.17) is 0 Å². The monoisotopic (exact) mass is 297 g/mol. The predicted octanol–water partition coefficient (Wildman–Crippen LogP) is 2.44. The van der Waals surface area contributed by atoms with Gasteiger partial charge in [0, 0.05) is 11.1 Å². The number of carbonyl (C=O) groups is 1. The second-order valence-corrected chi connectivity index (χ2v) is 5.78. The molecule has 3 rings (SSSR count). The van der Waals surface area contributed by atoms with Crippen LogP contribution in [0, 0.1) is 6.92 Å². The molecule has 1 aliphatic rings. The van der Waals surface area contributed by atoms with Crippen LogP contribution in [0.2, 0.25) is 0 Å². The Hall–Kier alpha value is -2.17. The Kier molecular flexibility index (Phi) is 3.72. The summed E-state index contributed by atoms with van der Waals surface area (Å²) in [5.41, 5.74) is 2.88. The van der Waals surface area contributed by atoms with Crippen molar-refractivity contribution in [3.8, 4) is 0 Å². The van der Waals surface area contributed by atoms with Gasteiger partial charge in [0.1, 0.15) is 12.2 Å². The number of rotatable bonds is 1. The van der Waals surface area contributed by atoms with Gasteiger partial charge in [0.05, 0.1) is 11.7 Å². The Bertz CT molecular complexity index is 696. The van der Waals surface area contributed by atoms with Gasteiger partial charge in [-0.05, 0) is 32.0 Å². The van der Waals surface area contributed by atoms with E-state index in [2.05, 4.69) is 0 Å². The Morgan fingerprint density at radius 2 is 1.68 bits per heavy atom. The first kappa shape index (κ1) is 14.8. The van der Waals surface area contributed by atoms with Gasteiger partial charge in [-0.3, -0.25) is 4.79 Å². The quantitative estimate of drug-likeness (QED) is 0.850. The maximum absolute atomic E-state index is 12.9. The number of nitrogens with zero attached hydrogens (tertiary/aromatic N) is 1. The molecule has 2 aromatic carbocycles. The molecule has 0 spiro atoms. The molecule has 2 N–H and O–H groups in total. The van der Waals surface area contributed by atoms with E-state index in [1.807, 2.05) is 25.1 Å². The minimum atomic E-state index is -1.01. The lowest BCUT2D eigenvalue weighted by atomic mass is 9.90. The highest BCUT2D eigenvalue weighted by atomic mass is 16.3. The minimum Gasteiger partial charge on any atom is -0.388 e. The number of amides is 1. The van der Waals surface area contributed by atoms with E-state index >= 15 is 0 Å². The molecule has 1 heterocycles. The molecule has 114 valence electrons. The lowest BCUT2D eigenvalue weighted by Gasteiger charge is -2.41. The SMILES string of the molecule is Cc1ccc(C(=O)N2c3ccccc3[C@@H](O)[C@H](O)[C@H]2C)cc1. The number of aryl methyl sites for hydroxylation is 1. The van der Waals surface area contributed by atoms with Crippen molar-refractivity contribution in [2.24, 2.45) is 0 Å². The number of hydrogen-bond donors (Lipinski definition) is 2. The van der Waals surface area contributed by atoms with Crippen LogP contribution >= 0.6 is 0 Å². The molecule has 0 aliphatic carbocycles. The third-order valence-electron chi connectivity index (χ3n) is 4.26. The summed E-state index contributed by atoms with van der Waals surface area (Å²) < 4.78 is 0. The van der Waals surface area contributed by atoms with Crippen molar-refractivity contribution in [3.63, 3.8) is 0 Å². The topological polar surface area (TPSA) is 60.8 Å². The number of benzene rings is 2. The van der Waals surface area contributed by atoms with Crippen LogP contribution in [-0.2, 0) is 0 Å². The van der Waals surface area contributed by atoms with Gasteiger partial charge in [-0.2, -0.15) is 0 Å². The molecule has 0 bridgehead atoms. The molecule has 22 heavy (non-hydrogen) atoms. The van der Waals surface area contributed by atoms with E-state index in [9.17, 15) is 15.0 Å². The van der Waals surface area contributed by atoms with Crippen LogP contribution in [0.5, 0.6) is 0 Å². The van der Waals surface area contributed by atoms with Gasteiger partial charge in [0.25, 0.3) is 5.91 Å². The van der Waals surface area contributed by atoms with Crippen LogP contribution in [0.3, 0.4) is 0 Å². The van der Waals surface area contributed by atoms with E-state index in [-0.39, 0.29) is 5.91 Å². The summed E-state index contributed by atoms with van der Waals surface area (Å²) in [7, 11) is 0. The van der Waals surface area contributed by atoms with E-state index in [0.717, 1.165) is 5.56 Å². The van der Waals surface area contributed by atoms with Crippen molar-refractivity contribution in [1.29, 1.82) is 0 Å². The molecule has 0 saturated carbocycles. The zero-order valence-electron chi connectivity index (χ0n) is 12.6. The highest BCUT2D eigenvalue weighted by Crippen LogP contribution is 2.37. The van der Waals surface area contributed by atoms with Gasteiger partial charge in [-0.1, -0.05) is 35.9 Å². The number of aliphatic hydroxyl groups is 2. The molecule has 0 fully saturated rings. The van der Waals surface area contributed by atoms with E-state index in [0.29, 0.717) is 16.8 Å². The first-order chi connectivity index (χ1) is 10.5. The minimum absolute atomic E-state index is 0.175. The molecule has 0 unspecified atom stereocenters. The molecule has 3 atom stereocenters. The molecule has 0 saturated heterocycles. The molecular formula is C18H19NO3. The second kappa shape index (κ2) is 5.55. The number of hydrogen-bond acceptors (Lipinski definition) is 3. The van der Waals surface area contributed by atoms with Crippen molar-refractivity contribution in [3.05, 3.63) is 65.2 Å². The fraction of sp³-hybridized carbons (Fsp3) is 0.278. The van der Waals surface area contributed by atoms with Gasteiger partial charge < -0.3 is 15.1 Å². The normalized spacial score (nSPS) is 24.0. The van der Waals surface area contributed by atoms with Gasteiger partial charge in [0.2, 0.25) is 0 Å². The van der Waals surface area contributed by atoms with Crippen molar-refractivity contribution in [2.75, 3.05) is 4.90 Å². The fourth-order valence-electron chi connectivity index (χ4n) is 2.91.